The summed E-state index contributed by atoms with van der Waals surface area (Å²) in [4.78, 5) is 46.7. The van der Waals surface area contributed by atoms with Gasteiger partial charge in [0.1, 0.15) is 0 Å². The minimum absolute atomic E-state index is 0.0371. The Bertz CT molecular complexity index is 1110. The van der Waals surface area contributed by atoms with Crippen molar-refractivity contribution in [1.29, 1.82) is 0 Å². The summed E-state index contributed by atoms with van der Waals surface area (Å²) in [6.45, 7) is 0. The first-order chi connectivity index (χ1) is 12.6. The molecule has 1 aliphatic rings. The number of nitrogens with two attached hydrogens (primary N) is 1. The van der Waals surface area contributed by atoms with Crippen molar-refractivity contribution in [2.24, 2.45) is 5.14 Å². The molecule has 3 amide bonds. The van der Waals surface area contributed by atoms with Crippen molar-refractivity contribution < 1.29 is 27.7 Å². The summed E-state index contributed by atoms with van der Waals surface area (Å²) in [6, 6.07) is 7.63. The quantitative estimate of drug-likeness (QED) is 0.426. The second-order valence-electron chi connectivity index (χ2n) is 5.44. The predicted molar refractivity (Wildman–Crippen MR) is 88.9 cm³/mol. The van der Waals surface area contributed by atoms with Crippen LogP contribution in [0.2, 0.25) is 0 Å². The number of hydrogen-bond donors (Lipinski definition) is 2. The van der Waals surface area contributed by atoms with Crippen LogP contribution in [0, 0.1) is 10.1 Å². The van der Waals surface area contributed by atoms with Crippen molar-refractivity contribution >= 4 is 33.4 Å². The fourth-order valence-electron chi connectivity index (χ4n) is 2.41. The average Bonchev–Trinajstić information content (AvgIpc) is 2.85. The highest BCUT2D eigenvalue weighted by molar-refractivity contribution is 7.89. The van der Waals surface area contributed by atoms with Crippen LogP contribution in [0.5, 0.6) is 0 Å². The third-order valence-electron chi connectivity index (χ3n) is 3.74. The third-order valence-corrected chi connectivity index (χ3v) is 4.67. The SMILES string of the molecule is NS(=O)(=O)c1ccc(C(=O)NN2C(=O)c3ccc([N+](=O)[O-])cc3C2=O)cc1. The fraction of sp³-hybridized carbons (Fsp3) is 0. The van der Waals surface area contributed by atoms with Gasteiger partial charge in [-0.2, -0.15) is 5.01 Å². The Balaban J connectivity index is 1.83. The average molecular weight is 390 g/mol. The molecule has 12 heteroatoms. The number of nitro groups is 1. The van der Waals surface area contributed by atoms with Gasteiger partial charge in [-0.15, -0.1) is 0 Å². The van der Waals surface area contributed by atoms with E-state index >= 15 is 0 Å². The normalized spacial score (nSPS) is 13.4. The van der Waals surface area contributed by atoms with Crippen LogP contribution in [0.25, 0.3) is 0 Å². The van der Waals surface area contributed by atoms with E-state index in [4.69, 9.17) is 5.14 Å². The van der Waals surface area contributed by atoms with E-state index in [1.807, 2.05) is 0 Å². The molecule has 1 heterocycles. The fourth-order valence-corrected chi connectivity index (χ4v) is 2.92. The molecular formula is C15H10N4O7S. The van der Waals surface area contributed by atoms with Crippen molar-refractivity contribution in [2.75, 3.05) is 0 Å². The summed E-state index contributed by atoms with van der Waals surface area (Å²) in [5.74, 6) is -2.63. The minimum atomic E-state index is -3.94. The Morgan fingerprint density at radius 2 is 1.63 bits per heavy atom. The van der Waals surface area contributed by atoms with Gasteiger partial charge in [0.05, 0.1) is 20.9 Å². The number of benzene rings is 2. The number of nitrogens with zero attached hydrogens (tertiary/aromatic N) is 2. The summed E-state index contributed by atoms with van der Waals surface area (Å²) < 4.78 is 22.4. The number of non-ortho nitro benzene ring substituents is 1. The summed E-state index contributed by atoms with van der Waals surface area (Å²) in [5.41, 5.74) is 1.39. The van der Waals surface area contributed by atoms with Gasteiger partial charge < -0.3 is 0 Å². The molecule has 0 spiro atoms. The molecule has 138 valence electrons. The molecule has 0 fully saturated rings. The smallest absolute Gasteiger partial charge is 0.267 e. The Morgan fingerprint density at radius 1 is 1.04 bits per heavy atom. The first-order valence-corrected chi connectivity index (χ1v) is 8.75. The van der Waals surface area contributed by atoms with Crippen LogP contribution in [0.4, 0.5) is 5.69 Å². The van der Waals surface area contributed by atoms with Crippen LogP contribution in [0.15, 0.2) is 47.4 Å². The van der Waals surface area contributed by atoms with Gasteiger partial charge >= 0.3 is 0 Å². The zero-order chi connectivity index (χ0) is 19.9. The molecule has 0 atom stereocenters. The number of sulfonamides is 1. The Labute approximate surface area is 151 Å². The maximum Gasteiger partial charge on any atom is 0.280 e. The van der Waals surface area contributed by atoms with Gasteiger partial charge in [-0.25, -0.2) is 13.6 Å². The molecule has 0 bridgehead atoms. The topological polar surface area (TPSA) is 170 Å². The van der Waals surface area contributed by atoms with Crippen LogP contribution in [0.1, 0.15) is 31.1 Å². The lowest BCUT2D eigenvalue weighted by Gasteiger charge is -2.15. The van der Waals surface area contributed by atoms with Gasteiger partial charge in [-0.3, -0.25) is 29.9 Å². The lowest BCUT2D eigenvalue weighted by Crippen LogP contribution is -2.45. The van der Waals surface area contributed by atoms with Crippen molar-refractivity contribution in [2.45, 2.75) is 4.90 Å². The number of carbonyl (C=O) groups is 3. The highest BCUT2D eigenvalue weighted by atomic mass is 32.2. The van der Waals surface area contributed by atoms with Crippen LogP contribution in [-0.4, -0.2) is 36.1 Å². The first kappa shape index (κ1) is 18.2. The van der Waals surface area contributed by atoms with Gasteiger partial charge in [-0.05, 0) is 30.3 Å². The van der Waals surface area contributed by atoms with E-state index < -0.39 is 32.7 Å². The molecule has 0 saturated carbocycles. The van der Waals surface area contributed by atoms with Crippen LogP contribution in [0.3, 0.4) is 0 Å². The highest BCUT2D eigenvalue weighted by Crippen LogP contribution is 2.25. The Kier molecular flexibility index (Phi) is 4.21. The summed E-state index contributed by atoms with van der Waals surface area (Å²) in [5, 5.41) is 16.2. The van der Waals surface area contributed by atoms with Crippen molar-refractivity contribution in [3.63, 3.8) is 0 Å². The van der Waals surface area contributed by atoms with Crippen molar-refractivity contribution in [3.05, 3.63) is 69.3 Å². The molecule has 3 N–H and O–H groups in total. The number of imide groups is 1. The van der Waals surface area contributed by atoms with Crippen molar-refractivity contribution in [1.82, 2.24) is 10.4 Å². The molecule has 0 aromatic heterocycles. The van der Waals surface area contributed by atoms with E-state index in [1.165, 1.54) is 0 Å². The van der Waals surface area contributed by atoms with Gasteiger partial charge in [0, 0.05) is 17.7 Å². The van der Waals surface area contributed by atoms with Gasteiger partial charge in [0.15, 0.2) is 0 Å². The van der Waals surface area contributed by atoms with Crippen LogP contribution in [-0.2, 0) is 10.0 Å². The molecule has 2 aromatic carbocycles. The number of hydrogen-bond acceptors (Lipinski definition) is 7. The lowest BCUT2D eigenvalue weighted by atomic mass is 10.1. The lowest BCUT2D eigenvalue weighted by molar-refractivity contribution is -0.384. The number of nitrogens with one attached hydrogen (secondary N) is 1. The first-order valence-electron chi connectivity index (χ1n) is 7.20. The number of carbonyl (C=O) groups excluding carboxylic acids is 3. The summed E-state index contributed by atoms with van der Waals surface area (Å²) in [7, 11) is -3.94. The number of nitro benzene ring substituents is 1. The molecular weight excluding hydrogens is 380 g/mol. The molecule has 27 heavy (non-hydrogen) atoms. The standard InChI is InChI=1S/C15H10N4O7S/c16-27(25,26)10-4-1-8(2-5-10)13(20)17-18-14(21)11-6-3-9(19(23)24)7-12(11)15(18)22/h1-7H,(H,17,20)(H2,16,25,26). The van der Waals surface area contributed by atoms with Crippen molar-refractivity contribution in [3.8, 4) is 0 Å². The zero-order valence-electron chi connectivity index (χ0n) is 13.3. The van der Waals surface area contributed by atoms with Gasteiger partial charge in [0.2, 0.25) is 10.0 Å². The number of fused-ring (bicyclic) bond motifs is 1. The highest BCUT2D eigenvalue weighted by Gasteiger charge is 2.38. The van der Waals surface area contributed by atoms with E-state index in [9.17, 15) is 32.9 Å². The van der Waals surface area contributed by atoms with E-state index in [0.29, 0.717) is 5.01 Å². The van der Waals surface area contributed by atoms with E-state index in [1.54, 1.807) is 0 Å². The number of primary sulfonamides is 1. The summed E-state index contributed by atoms with van der Waals surface area (Å²) in [6.07, 6.45) is 0. The van der Waals surface area contributed by atoms with Crippen LogP contribution < -0.4 is 10.6 Å². The minimum Gasteiger partial charge on any atom is -0.267 e. The van der Waals surface area contributed by atoms with Crippen LogP contribution >= 0.6 is 0 Å². The second kappa shape index (κ2) is 6.26. The molecule has 0 unspecified atom stereocenters. The number of hydrazine groups is 1. The Hall–Kier alpha value is -3.64. The van der Waals surface area contributed by atoms with E-state index in [0.717, 1.165) is 42.5 Å². The van der Waals surface area contributed by atoms with E-state index in [2.05, 4.69) is 5.43 Å². The second-order valence-corrected chi connectivity index (χ2v) is 7.00. The molecule has 0 saturated heterocycles. The maximum absolute atomic E-state index is 12.3. The maximum atomic E-state index is 12.3. The number of amides is 3. The predicted octanol–water partition coefficient (Wildman–Crippen LogP) is 0.183. The monoisotopic (exact) mass is 390 g/mol. The molecule has 1 aliphatic heterocycles. The summed E-state index contributed by atoms with van der Waals surface area (Å²) >= 11 is 0. The molecule has 11 nitrogen and oxygen atoms in total. The molecule has 2 aromatic rings. The van der Waals surface area contributed by atoms with Gasteiger partial charge in [0.25, 0.3) is 23.4 Å². The molecule has 0 radical (unpaired) electrons. The number of rotatable bonds is 4. The van der Waals surface area contributed by atoms with Gasteiger partial charge in [-0.1, -0.05) is 0 Å². The van der Waals surface area contributed by atoms with E-state index in [-0.39, 0.29) is 27.3 Å². The molecule has 0 aliphatic carbocycles. The third kappa shape index (κ3) is 3.26. The molecule has 3 rings (SSSR count). The zero-order valence-corrected chi connectivity index (χ0v) is 14.1. The largest absolute Gasteiger partial charge is 0.280 e. The Morgan fingerprint density at radius 3 is 2.19 bits per heavy atom.